The SMILES string of the molecule is CC#Cc1cccc2c1CCCC2ON=C(C)c1ccc(C)c(ONC(=O)O)c1. The Balaban J connectivity index is 1.79. The number of rotatable bonds is 5. The molecule has 0 radical (unpaired) electrons. The third-order valence-electron chi connectivity index (χ3n) is 4.88. The van der Waals surface area contributed by atoms with Crippen LogP contribution in [-0.2, 0) is 11.3 Å². The van der Waals surface area contributed by atoms with Gasteiger partial charge in [0.05, 0.1) is 5.71 Å². The van der Waals surface area contributed by atoms with Gasteiger partial charge in [0, 0.05) is 11.1 Å². The molecule has 150 valence electrons. The molecule has 2 N–H and O–H groups in total. The molecule has 29 heavy (non-hydrogen) atoms. The molecule has 0 saturated heterocycles. The van der Waals surface area contributed by atoms with Gasteiger partial charge in [-0.15, -0.1) is 5.92 Å². The van der Waals surface area contributed by atoms with E-state index >= 15 is 0 Å². The Hall–Kier alpha value is -3.46. The van der Waals surface area contributed by atoms with Crippen LogP contribution in [0.2, 0.25) is 0 Å². The van der Waals surface area contributed by atoms with E-state index in [1.807, 2.05) is 50.5 Å². The molecule has 0 aliphatic heterocycles. The van der Waals surface area contributed by atoms with Gasteiger partial charge in [-0.05, 0) is 68.9 Å². The van der Waals surface area contributed by atoms with Crippen LogP contribution < -0.4 is 10.3 Å². The van der Waals surface area contributed by atoms with E-state index in [-0.39, 0.29) is 6.10 Å². The van der Waals surface area contributed by atoms with Gasteiger partial charge in [-0.2, -0.15) is 5.48 Å². The van der Waals surface area contributed by atoms with Gasteiger partial charge in [0.25, 0.3) is 0 Å². The second kappa shape index (κ2) is 9.16. The summed E-state index contributed by atoms with van der Waals surface area (Å²) in [5, 5.41) is 13.1. The lowest BCUT2D eigenvalue weighted by atomic mass is 9.86. The summed E-state index contributed by atoms with van der Waals surface area (Å²) in [5.41, 5.74) is 7.65. The average molecular weight is 392 g/mol. The third kappa shape index (κ3) is 4.88. The maximum Gasteiger partial charge on any atom is 0.438 e. The van der Waals surface area contributed by atoms with E-state index in [9.17, 15) is 4.79 Å². The second-order valence-corrected chi connectivity index (χ2v) is 6.90. The Kier molecular flexibility index (Phi) is 6.40. The first kappa shape index (κ1) is 20.3. The van der Waals surface area contributed by atoms with Gasteiger partial charge in [0.1, 0.15) is 0 Å². The molecule has 3 rings (SSSR count). The average Bonchev–Trinajstić information content (AvgIpc) is 2.71. The molecule has 1 unspecified atom stereocenters. The number of aryl methyl sites for hydroxylation is 1. The number of hydroxylamine groups is 1. The highest BCUT2D eigenvalue weighted by Gasteiger charge is 2.23. The Morgan fingerprint density at radius 1 is 1.31 bits per heavy atom. The number of carboxylic acid groups (broad SMARTS) is 1. The third-order valence-corrected chi connectivity index (χ3v) is 4.88. The van der Waals surface area contributed by atoms with Gasteiger partial charge in [0.15, 0.2) is 11.9 Å². The van der Waals surface area contributed by atoms with Crippen molar-refractivity contribution in [1.29, 1.82) is 0 Å². The fourth-order valence-electron chi connectivity index (χ4n) is 3.40. The molecule has 0 fully saturated rings. The van der Waals surface area contributed by atoms with Gasteiger partial charge < -0.3 is 14.8 Å². The lowest BCUT2D eigenvalue weighted by Gasteiger charge is -2.24. The lowest BCUT2D eigenvalue weighted by molar-refractivity contribution is 0.0459. The zero-order valence-corrected chi connectivity index (χ0v) is 16.8. The summed E-state index contributed by atoms with van der Waals surface area (Å²) in [7, 11) is 0. The van der Waals surface area contributed by atoms with Crippen LogP contribution in [0.5, 0.6) is 5.75 Å². The van der Waals surface area contributed by atoms with Crippen molar-refractivity contribution in [2.75, 3.05) is 0 Å². The highest BCUT2D eigenvalue weighted by atomic mass is 16.7. The standard InChI is InChI=1S/C23H24N2O4/c1-4-7-17-8-5-10-20-19(17)9-6-11-21(20)28-24-16(3)18-13-12-15(2)22(14-18)29-25-23(26)27/h5,8,10,12-14,21,25H,6,9,11H2,1-3H3,(H,26,27). The number of oxime groups is 1. The Morgan fingerprint density at radius 2 is 2.14 bits per heavy atom. The van der Waals surface area contributed by atoms with Crippen molar-refractivity contribution in [3.05, 3.63) is 64.2 Å². The lowest BCUT2D eigenvalue weighted by Crippen LogP contribution is -2.25. The molecule has 1 aliphatic rings. The first-order valence-electron chi connectivity index (χ1n) is 9.51. The Morgan fingerprint density at radius 3 is 2.90 bits per heavy atom. The predicted octanol–water partition coefficient (Wildman–Crippen LogP) is 4.75. The first-order valence-corrected chi connectivity index (χ1v) is 9.51. The van der Waals surface area contributed by atoms with Crippen molar-refractivity contribution in [3.8, 4) is 17.6 Å². The van der Waals surface area contributed by atoms with E-state index in [4.69, 9.17) is 14.8 Å². The van der Waals surface area contributed by atoms with Crippen LogP contribution >= 0.6 is 0 Å². The van der Waals surface area contributed by atoms with Crippen LogP contribution in [0.1, 0.15) is 60.6 Å². The van der Waals surface area contributed by atoms with Crippen molar-refractivity contribution < 1.29 is 19.6 Å². The molecule has 0 heterocycles. The van der Waals surface area contributed by atoms with E-state index in [0.29, 0.717) is 11.5 Å². The van der Waals surface area contributed by atoms with Crippen molar-refractivity contribution in [2.45, 2.75) is 46.1 Å². The second-order valence-electron chi connectivity index (χ2n) is 6.90. The molecule has 0 saturated carbocycles. The molecular weight excluding hydrogens is 368 g/mol. The van der Waals surface area contributed by atoms with Gasteiger partial charge in [-0.1, -0.05) is 35.3 Å². The minimum atomic E-state index is -1.26. The fourth-order valence-corrected chi connectivity index (χ4v) is 3.40. The molecule has 0 bridgehead atoms. The van der Waals surface area contributed by atoms with Crippen molar-refractivity contribution in [2.24, 2.45) is 5.16 Å². The van der Waals surface area contributed by atoms with Crippen molar-refractivity contribution >= 4 is 11.8 Å². The van der Waals surface area contributed by atoms with E-state index in [2.05, 4.69) is 23.1 Å². The molecule has 0 spiro atoms. The summed E-state index contributed by atoms with van der Waals surface area (Å²) in [6, 6.07) is 11.6. The Labute approximate surface area is 170 Å². The number of benzene rings is 2. The monoisotopic (exact) mass is 392 g/mol. The van der Waals surface area contributed by atoms with Gasteiger partial charge >= 0.3 is 6.09 Å². The van der Waals surface area contributed by atoms with Crippen LogP contribution in [0.3, 0.4) is 0 Å². The smallest absolute Gasteiger partial charge is 0.438 e. The fraction of sp³-hybridized carbons (Fsp3) is 0.304. The van der Waals surface area contributed by atoms with E-state index < -0.39 is 6.09 Å². The van der Waals surface area contributed by atoms with Crippen molar-refractivity contribution in [1.82, 2.24) is 5.48 Å². The molecule has 2 aromatic carbocycles. The van der Waals surface area contributed by atoms with Gasteiger partial charge in [-0.3, -0.25) is 0 Å². The zero-order valence-electron chi connectivity index (χ0n) is 16.8. The summed E-state index contributed by atoms with van der Waals surface area (Å²) >= 11 is 0. The minimum Gasteiger partial charge on any atom is -0.463 e. The molecule has 1 atom stereocenters. The Bertz CT molecular complexity index is 1000. The predicted molar refractivity (Wildman–Crippen MR) is 111 cm³/mol. The number of nitrogens with one attached hydrogen (secondary N) is 1. The molecular formula is C23H24N2O4. The summed E-state index contributed by atoms with van der Waals surface area (Å²) in [6.45, 7) is 5.53. The van der Waals surface area contributed by atoms with E-state index in [1.165, 1.54) is 5.56 Å². The quantitative estimate of drug-likeness (QED) is 0.437. The molecule has 1 aliphatic carbocycles. The van der Waals surface area contributed by atoms with E-state index in [1.54, 1.807) is 6.07 Å². The molecule has 6 nitrogen and oxygen atoms in total. The topological polar surface area (TPSA) is 80.2 Å². The molecule has 2 aromatic rings. The number of amides is 1. The molecule has 0 aromatic heterocycles. The minimum absolute atomic E-state index is 0.109. The van der Waals surface area contributed by atoms with Crippen molar-refractivity contribution in [3.63, 3.8) is 0 Å². The largest absolute Gasteiger partial charge is 0.463 e. The number of hydrogen-bond donors (Lipinski definition) is 2. The maximum absolute atomic E-state index is 10.7. The molecule has 6 heteroatoms. The maximum atomic E-state index is 10.7. The highest BCUT2D eigenvalue weighted by Crippen LogP contribution is 2.34. The van der Waals surface area contributed by atoms with Gasteiger partial charge in [-0.25, -0.2) is 4.79 Å². The van der Waals surface area contributed by atoms with E-state index in [0.717, 1.165) is 41.5 Å². The number of nitrogens with zero attached hydrogens (tertiary/aromatic N) is 1. The first-order chi connectivity index (χ1) is 14.0. The van der Waals surface area contributed by atoms with Crippen LogP contribution in [0.25, 0.3) is 0 Å². The number of fused-ring (bicyclic) bond motifs is 1. The highest BCUT2D eigenvalue weighted by molar-refractivity contribution is 5.98. The number of hydrogen-bond acceptors (Lipinski definition) is 4. The zero-order chi connectivity index (χ0) is 20.8. The summed E-state index contributed by atoms with van der Waals surface area (Å²) in [6.07, 6.45) is 1.56. The summed E-state index contributed by atoms with van der Waals surface area (Å²) in [4.78, 5) is 21.7. The summed E-state index contributed by atoms with van der Waals surface area (Å²) < 4.78 is 0. The van der Waals surface area contributed by atoms with Crippen LogP contribution in [0.4, 0.5) is 4.79 Å². The molecule has 1 amide bonds. The summed E-state index contributed by atoms with van der Waals surface area (Å²) in [5.74, 6) is 6.57. The van der Waals surface area contributed by atoms with Crippen LogP contribution in [0, 0.1) is 18.8 Å². The van der Waals surface area contributed by atoms with Gasteiger partial charge in [0.2, 0.25) is 0 Å². The van der Waals surface area contributed by atoms with Crippen LogP contribution in [0.15, 0.2) is 41.6 Å². The number of carbonyl (C=O) groups is 1. The normalized spacial score (nSPS) is 15.6. The van der Waals surface area contributed by atoms with Crippen LogP contribution in [-0.4, -0.2) is 16.9 Å².